The number of carbonyl (C=O) groups is 1. The lowest BCUT2D eigenvalue weighted by Crippen LogP contribution is -2.09. The third-order valence-electron chi connectivity index (χ3n) is 5.52. The number of aromatic nitrogens is 5. The van der Waals surface area contributed by atoms with Crippen LogP contribution in [-0.4, -0.2) is 37.2 Å². The smallest absolute Gasteiger partial charge is 0.226 e. The fourth-order valence-electron chi connectivity index (χ4n) is 3.51. The van der Waals surface area contributed by atoms with Crippen molar-refractivity contribution in [2.45, 2.75) is 26.2 Å². The summed E-state index contributed by atoms with van der Waals surface area (Å²) in [5.41, 5.74) is 2.36. The number of halogens is 1. The van der Waals surface area contributed by atoms with Gasteiger partial charge >= 0.3 is 0 Å². The Morgan fingerprint density at radius 2 is 2.03 bits per heavy atom. The van der Waals surface area contributed by atoms with E-state index in [9.17, 15) is 9.18 Å². The molecule has 0 unspecified atom stereocenters. The number of aromatic amines is 1. The number of rotatable bonds is 8. The molecule has 0 aliphatic heterocycles. The minimum absolute atomic E-state index is 0.118. The van der Waals surface area contributed by atoms with Gasteiger partial charge in [-0.2, -0.15) is 4.39 Å². The van der Waals surface area contributed by atoms with E-state index in [2.05, 4.69) is 35.6 Å². The molecule has 8 nitrogen and oxygen atoms in total. The zero-order chi connectivity index (χ0) is 22.1. The first kappa shape index (κ1) is 20.0. The van der Waals surface area contributed by atoms with Gasteiger partial charge in [0.2, 0.25) is 5.95 Å². The predicted molar refractivity (Wildman–Crippen MR) is 120 cm³/mol. The lowest BCUT2D eigenvalue weighted by Gasteiger charge is -2.09. The van der Waals surface area contributed by atoms with Crippen molar-refractivity contribution >= 4 is 34.1 Å². The summed E-state index contributed by atoms with van der Waals surface area (Å²) in [5, 5.41) is 6.86. The predicted octanol–water partition coefficient (Wildman–Crippen LogP) is 4.25. The second-order valence-corrected chi connectivity index (χ2v) is 7.85. The molecule has 4 aromatic heterocycles. The van der Waals surface area contributed by atoms with Crippen LogP contribution in [0.3, 0.4) is 0 Å². The Balaban J connectivity index is 1.40. The van der Waals surface area contributed by atoms with Gasteiger partial charge in [0.25, 0.3) is 0 Å². The number of nitrogens with one attached hydrogen (secondary N) is 3. The van der Waals surface area contributed by atoms with Crippen LogP contribution in [0.5, 0.6) is 0 Å². The molecule has 0 radical (unpaired) electrons. The molecule has 0 spiro atoms. The number of anilines is 3. The molecule has 5 rings (SSSR count). The molecular formula is C23H22FN7O. The van der Waals surface area contributed by atoms with Crippen LogP contribution in [0.25, 0.3) is 11.0 Å². The van der Waals surface area contributed by atoms with E-state index in [1.54, 1.807) is 12.3 Å². The number of H-pyrrole nitrogens is 1. The van der Waals surface area contributed by atoms with Crippen molar-refractivity contribution < 1.29 is 9.18 Å². The number of ketones is 1. The molecule has 9 heteroatoms. The first-order chi connectivity index (χ1) is 15.6. The molecule has 0 aromatic carbocycles. The molecule has 162 valence electrons. The van der Waals surface area contributed by atoms with Gasteiger partial charge < -0.3 is 15.6 Å². The lowest BCUT2D eigenvalue weighted by molar-refractivity contribution is 0.103. The second-order valence-electron chi connectivity index (χ2n) is 7.85. The van der Waals surface area contributed by atoms with Crippen LogP contribution >= 0.6 is 0 Å². The van der Waals surface area contributed by atoms with Crippen LogP contribution < -0.4 is 10.6 Å². The molecular weight excluding hydrogens is 409 g/mol. The van der Waals surface area contributed by atoms with Gasteiger partial charge in [-0.3, -0.25) is 9.78 Å². The summed E-state index contributed by atoms with van der Waals surface area (Å²) >= 11 is 0. The monoisotopic (exact) mass is 431 g/mol. The Hall–Kier alpha value is -3.88. The molecule has 1 aliphatic carbocycles. The Labute approximate surface area is 183 Å². The molecule has 0 saturated heterocycles. The van der Waals surface area contributed by atoms with E-state index in [-0.39, 0.29) is 5.56 Å². The van der Waals surface area contributed by atoms with Gasteiger partial charge in [0.05, 0.1) is 28.4 Å². The van der Waals surface area contributed by atoms with Crippen molar-refractivity contribution in [2.24, 2.45) is 5.92 Å². The second kappa shape index (κ2) is 8.33. The van der Waals surface area contributed by atoms with Gasteiger partial charge in [-0.05, 0) is 49.4 Å². The van der Waals surface area contributed by atoms with Crippen molar-refractivity contribution in [3.63, 3.8) is 0 Å². The summed E-state index contributed by atoms with van der Waals surface area (Å²) < 4.78 is 14.8. The van der Waals surface area contributed by atoms with Crippen LogP contribution in [0.1, 0.15) is 41.4 Å². The van der Waals surface area contributed by atoms with Crippen LogP contribution in [0.4, 0.5) is 21.7 Å². The van der Waals surface area contributed by atoms with E-state index in [0.717, 1.165) is 18.7 Å². The SMILES string of the molecule is CCc1ccc(Nc2ccc(C(=O)c3c[nH]c4ncnc(NCC5CC5)c34)c(F)n2)cn1. The number of pyridine rings is 2. The fourth-order valence-corrected chi connectivity index (χ4v) is 3.51. The average Bonchev–Trinajstić information content (AvgIpc) is 3.54. The molecule has 0 amide bonds. The minimum Gasteiger partial charge on any atom is -0.369 e. The summed E-state index contributed by atoms with van der Waals surface area (Å²) in [4.78, 5) is 32.9. The Kier molecular flexibility index (Phi) is 5.22. The maximum atomic E-state index is 14.8. The molecule has 0 atom stereocenters. The highest BCUT2D eigenvalue weighted by Crippen LogP contribution is 2.31. The molecule has 1 aliphatic rings. The summed E-state index contributed by atoms with van der Waals surface area (Å²) in [5.74, 6) is 0.163. The maximum Gasteiger partial charge on any atom is 0.226 e. The largest absolute Gasteiger partial charge is 0.369 e. The molecule has 4 aromatic rings. The van der Waals surface area contributed by atoms with Crippen LogP contribution in [-0.2, 0) is 6.42 Å². The van der Waals surface area contributed by atoms with E-state index in [1.807, 2.05) is 19.1 Å². The van der Waals surface area contributed by atoms with Crippen molar-refractivity contribution in [2.75, 3.05) is 17.2 Å². The van der Waals surface area contributed by atoms with Gasteiger partial charge in [-0.15, -0.1) is 0 Å². The number of fused-ring (bicyclic) bond motifs is 1. The van der Waals surface area contributed by atoms with Crippen LogP contribution in [0.2, 0.25) is 0 Å². The first-order valence-electron chi connectivity index (χ1n) is 10.6. The van der Waals surface area contributed by atoms with Gasteiger partial charge in [-0.25, -0.2) is 15.0 Å². The molecule has 1 fully saturated rings. The molecule has 3 N–H and O–H groups in total. The summed E-state index contributed by atoms with van der Waals surface area (Å²) in [6.07, 6.45) is 7.86. The lowest BCUT2D eigenvalue weighted by atomic mass is 10.0. The average molecular weight is 431 g/mol. The van der Waals surface area contributed by atoms with E-state index in [0.29, 0.717) is 39.8 Å². The van der Waals surface area contributed by atoms with Crippen molar-refractivity contribution in [1.29, 1.82) is 0 Å². The highest BCUT2D eigenvalue weighted by Gasteiger charge is 2.24. The van der Waals surface area contributed by atoms with Crippen molar-refractivity contribution in [3.05, 3.63) is 65.8 Å². The Morgan fingerprint density at radius 1 is 1.16 bits per heavy atom. The third-order valence-corrected chi connectivity index (χ3v) is 5.52. The zero-order valence-electron chi connectivity index (χ0n) is 17.5. The van der Waals surface area contributed by atoms with Gasteiger partial charge in [0.15, 0.2) is 5.78 Å². The first-order valence-corrected chi connectivity index (χ1v) is 10.6. The number of hydrogen-bond donors (Lipinski definition) is 3. The van der Waals surface area contributed by atoms with Crippen molar-refractivity contribution in [3.8, 4) is 0 Å². The fraction of sp³-hybridized carbons (Fsp3) is 0.261. The number of nitrogens with zero attached hydrogens (tertiary/aromatic N) is 4. The van der Waals surface area contributed by atoms with Crippen molar-refractivity contribution in [1.82, 2.24) is 24.9 Å². The van der Waals surface area contributed by atoms with Crippen LogP contribution in [0.15, 0.2) is 43.0 Å². The van der Waals surface area contributed by atoms with Crippen LogP contribution in [0, 0.1) is 11.9 Å². The number of hydrogen-bond acceptors (Lipinski definition) is 7. The Morgan fingerprint density at radius 3 is 2.75 bits per heavy atom. The maximum absolute atomic E-state index is 14.8. The summed E-state index contributed by atoms with van der Waals surface area (Å²) in [6.45, 7) is 2.81. The van der Waals surface area contributed by atoms with E-state index >= 15 is 0 Å². The summed E-state index contributed by atoms with van der Waals surface area (Å²) in [7, 11) is 0. The van der Waals surface area contributed by atoms with E-state index in [4.69, 9.17) is 0 Å². The highest BCUT2D eigenvalue weighted by molar-refractivity contribution is 6.18. The van der Waals surface area contributed by atoms with Gasteiger partial charge in [-0.1, -0.05) is 6.92 Å². The third kappa shape index (κ3) is 4.01. The Bertz CT molecular complexity index is 1280. The number of aryl methyl sites for hydroxylation is 1. The normalized spacial score (nSPS) is 13.3. The topological polar surface area (TPSA) is 108 Å². The minimum atomic E-state index is -0.850. The molecule has 32 heavy (non-hydrogen) atoms. The van der Waals surface area contributed by atoms with Gasteiger partial charge in [0, 0.05) is 18.4 Å². The molecule has 0 bridgehead atoms. The summed E-state index contributed by atoms with van der Waals surface area (Å²) in [6, 6.07) is 6.75. The number of carbonyl (C=O) groups excluding carboxylic acids is 1. The molecule has 1 saturated carbocycles. The van der Waals surface area contributed by atoms with E-state index in [1.165, 1.54) is 31.4 Å². The van der Waals surface area contributed by atoms with E-state index < -0.39 is 11.7 Å². The quantitative estimate of drug-likeness (QED) is 0.283. The van der Waals surface area contributed by atoms with Gasteiger partial charge in [0.1, 0.15) is 23.6 Å². The molecule has 4 heterocycles. The highest BCUT2D eigenvalue weighted by atomic mass is 19.1. The standard InChI is InChI=1S/C23H22FN7O/c1-2-14-5-6-15(10-25-14)30-18-8-7-16(21(24)31-18)20(32)17-11-27-23-19(17)22(28-12-29-23)26-9-13-3-4-13/h5-8,10-13H,2-4,9H2,1H3,(H,30,31)(H2,26,27,28,29). The zero-order valence-corrected chi connectivity index (χ0v) is 17.5.